The Bertz CT molecular complexity index is 1150. The topological polar surface area (TPSA) is 6.48 Å². The summed E-state index contributed by atoms with van der Waals surface area (Å²) < 4.78 is 0. The Balaban J connectivity index is 1.86. The molecule has 5 aromatic carbocycles. The molecule has 0 saturated carbocycles. The van der Waals surface area contributed by atoms with Crippen LogP contribution in [0.15, 0.2) is 109 Å². The molecule has 2 nitrogen and oxygen atoms in total. The Morgan fingerprint density at radius 2 is 0.633 bits per heavy atom. The summed E-state index contributed by atoms with van der Waals surface area (Å²) in [4.78, 5) is 4.61. The van der Waals surface area contributed by atoms with Crippen molar-refractivity contribution in [2.75, 3.05) is 23.9 Å². The van der Waals surface area contributed by atoms with Crippen LogP contribution in [0.4, 0.5) is 22.7 Å². The fraction of sp³-hybridized carbons (Fsp3) is 0.0714. The van der Waals surface area contributed by atoms with Crippen molar-refractivity contribution >= 4 is 44.3 Å². The molecule has 0 radical (unpaired) electrons. The largest absolute Gasteiger partial charge is 0.344 e. The van der Waals surface area contributed by atoms with Gasteiger partial charge in [0.1, 0.15) is 0 Å². The summed E-state index contributed by atoms with van der Waals surface area (Å²) >= 11 is 0. The van der Waals surface area contributed by atoms with E-state index >= 15 is 0 Å². The maximum absolute atomic E-state index is 2.30. The second-order valence-corrected chi connectivity index (χ2v) is 7.58. The lowest BCUT2D eigenvalue weighted by atomic mass is 9.96. The Hall–Kier alpha value is -3.78. The third kappa shape index (κ3) is 2.98. The lowest BCUT2D eigenvalue weighted by Crippen LogP contribution is -2.14. The van der Waals surface area contributed by atoms with Crippen LogP contribution in [0.5, 0.6) is 0 Å². The zero-order chi connectivity index (χ0) is 20.5. The van der Waals surface area contributed by atoms with E-state index in [1.54, 1.807) is 0 Å². The molecule has 0 aliphatic heterocycles. The van der Waals surface area contributed by atoms with Gasteiger partial charge in [0.05, 0.1) is 11.4 Å². The second-order valence-electron chi connectivity index (χ2n) is 7.58. The summed E-state index contributed by atoms with van der Waals surface area (Å²) in [5, 5.41) is 5.00. The van der Waals surface area contributed by atoms with Crippen LogP contribution in [-0.4, -0.2) is 14.1 Å². The minimum atomic E-state index is 1.18. The molecule has 0 amide bonds. The van der Waals surface area contributed by atoms with Crippen molar-refractivity contribution in [2.45, 2.75) is 0 Å². The number of hydrogen-bond donors (Lipinski definition) is 0. The highest BCUT2D eigenvalue weighted by Crippen LogP contribution is 2.45. The van der Waals surface area contributed by atoms with E-state index < -0.39 is 0 Å². The van der Waals surface area contributed by atoms with E-state index in [2.05, 4.69) is 133 Å². The van der Waals surface area contributed by atoms with E-state index in [1.165, 1.54) is 44.3 Å². The number of anilines is 4. The lowest BCUT2D eigenvalue weighted by Gasteiger charge is -2.29. The first-order chi connectivity index (χ1) is 14.8. The monoisotopic (exact) mass is 388 g/mol. The summed E-state index contributed by atoms with van der Waals surface area (Å²) in [5.41, 5.74) is 4.82. The molecule has 0 fully saturated rings. The molecule has 0 aromatic heterocycles. The molecule has 0 N–H and O–H groups in total. The van der Waals surface area contributed by atoms with Gasteiger partial charge in [-0.05, 0) is 24.3 Å². The molecule has 0 aliphatic rings. The fourth-order valence-electron chi connectivity index (χ4n) is 4.37. The fourth-order valence-corrected chi connectivity index (χ4v) is 4.37. The second kappa shape index (κ2) is 7.57. The van der Waals surface area contributed by atoms with Crippen molar-refractivity contribution in [1.29, 1.82) is 0 Å². The van der Waals surface area contributed by atoms with Gasteiger partial charge in [0.2, 0.25) is 0 Å². The average molecular weight is 389 g/mol. The Morgan fingerprint density at radius 3 is 0.933 bits per heavy atom. The molecule has 146 valence electrons. The van der Waals surface area contributed by atoms with Crippen LogP contribution < -0.4 is 9.80 Å². The van der Waals surface area contributed by atoms with E-state index in [4.69, 9.17) is 0 Å². The maximum atomic E-state index is 2.30. The van der Waals surface area contributed by atoms with Crippen LogP contribution in [0.1, 0.15) is 0 Å². The van der Waals surface area contributed by atoms with Gasteiger partial charge in [0, 0.05) is 47.0 Å². The highest BCUT2D eigenvalue weighted by atomic mass is 15.1. The maximum Gasteiger partial charge on any atom is 0.0569 e. The van der Waals surface area contributed by atoms with Gasteiger partial charge < -0.3 is 9.80 Å². The molecular formula is C28H24N2. The lowest BCUT2D eigenvalue weighted by molar-refractivity contribution is 1.22. The number of benzene rings is 5. The summed E-state index contributed by atoms with van der Waals surface area (Å²) in [6.07, 6.45) is 0. The predicted molar refractivity (Wildman–Crippen MR) is 130 cm³/mol. The standard InChI is InChI=1S/C28H24N2/c1-29(21-13-5-3-6-14-21)27-23-17-9-11-19-25(23)28(26-20-12-10-18-24(26)27)30(2)22-15-7-4-8-16-22/h3-20H,1-2H3. The number of nitrogens with zero attached hydrogens (tertiary/aromatic N) is 2. The molecule has 0 heterocycles. The zero-order valence-electron chi connectivity index (χ0n) is 17.3. The van der Waals surface area contributed by atoms with E-state index in [0.717, 1.165) is 0 Å². The van der Waals surface area contributed by atoms with Crippen molar-refractivity contribution in [1.82, 2.24) is 0 Å². The van der Waals surface area contributed by atoms with Gasteiger partial charge in [0.15, 0.2) is 0 Å². The summed E-state index contributed by atoms with van der Waals surface area (Å²) in [7, 11) is 4.31. The minimum absolute atomic E-state index is 1.18. The normalized spacial score (nSPS) is 11.0. The van der Waals surface area contributed by atoms with Crippen LogP contribution in [0.3, 0.4) is 0 Å². The third-order valence-corrected chi connectivity index (χ3v) is 5.83. The predicted octanol–water partition coefficient (Wildman–Crippen LogP) is 7.53. The first-order valence-corrected chi connectivity index (χ1v) is 10.3. The smallest absolute Gasteiger partial charge is 0.0569 e. The molecule has 5 aromatic rings. The molecule has 0 aliphatic carbocycles. The molecule has 0 saturated heterocycles. The first kappa shape index (κ1) is 18.3. The molecule has 2 heteroatoms. The summed E-state index contributed by atoms with van der Waals surface area (Å²) in [5.74, 6) is 0. The Morgan fingerprint density at radius 1 is 0.367 bits per heavy atom. The number of fused-ring (bicyclic) bond motifs is 2. The van der Waals surface area contributed by atoms with E-state index in [1.807, 2.05) is 0 Å². The van der Waals surface area contributed by atoms with Crippen molar-refractivity contribution < 1.29 is 0 Å². The van der Waals surface area contributed by atoms with Crippen LogP contribution in [-0.2, 0) is 0 Å². The van der Waals surface area contributed by atoms with Gasteiger partial charge in [-0.25, -0.2) is 0 Å². The molecule has 0 atom stereocenters. The Kier molecular flexibility index (Phi) is 4.61. The first-order valence-electron chi connectivity index (χ1n) is 10.3. The van der Waals surface area contributed by atoms with Crippen molar-refractivity contribution in [3.8, 4) is 0 Å². The highest BCUT2D eigenvalue weighted by Gasteiger charge is 2.19. The molecule has 0 unspecified atom stereocenters. The summed E-state index contributed by atoms with van der Waals surface area (Å²) in [6, 6.07) is 38.6. The number of rotatable bonds is 4. The molecule has 5 rings (SSSR count). The van der Waals surface area contributed by atoms with Crippen LogP contribution >= 0.6 is 0 Å². The number of hydrogen-bond acceptors (Lipinski definition) is 2. The average Bonchev–Trinajstić information content (AvgIpc) is 2.82. The van der Waals surface area contributed by atoms with Gasteiger partial charge in [0.25, 0.3) is 0 Å². The third-order valence-electron chi connectivity index (χ3n) is 5.83. The van der Waals surface area contributed by atoms with E-state index in [0.29, 0.717) is 0 Å². The van der Waals surface area contributed by atoms with Gasteiger partial charge >= 0.3 is 0 Å². The molecule has 30 heavy (non-hydrogen) atoms. The van der Waals surface area contributed by atoms with E-state index in [9.17, 15) is 0 Å². The highest BCUT2D eigenvalue weighted by molar-refractivity contribution is 6.21. The van der Waals surface area contributed by atoms with Gasteiger partial charge in [-0.2, -0.15) is 0 Å². The van der Waals surface area contributed by atoms with Gasteiger partial charge in [-0.3, -0.25) is 0 Å². The van der Waals surface area contributed by atoms with Gasteiger partial charge in [-0.15, -0.1) is 0 Å². The van der Waals surface area contributed by atoms with Crippen molar-refractivity contribution in [3.05, 3.63) is 109 Å². The molecular weight excluding hydrogens is 364 g/mol. The Labute approximate surface area is 177 Å². The SMILES string of the molecule is CN(c1ccccc1)c1c2ccccc2c(N(C)c2ccccc2)c2ccccc12. The van der Waals surface area contributed by atoms with Crippen LogP contribution in [0, 0.1) is 0 Å². The zero-order valence-corrected chi connectivity index (χ0v) is 17.3. The van der Waals surface area contributed by atoms with Gasteiger partial charge in [-0.1, -0.05) is 84.9 Å². The van der Waals surface area contributed by atoms with E-state index in [-0.39, 0.29) is 0 Å². The minimum Gasteiger partial charge on any atom is -0.344 e. The van der Waals surface area contributed by atoms with Crippen LogP contribution in [0.2, 0.25) is 0 Å². The van der Waals surface area contributed by atoms with Crippen LogP contribution in [0.25, 0.3) is 21.5 Å². The van der Waals surface area contributed by atoms with Crippen molar-refractivity contribution in [2.24, 2.45) is 0 Å². The molecule has 0 bridgehead atoms. The molecule has 0 spiro atoms. The number of para-hydroxylation sites is 2. The quantitative estimate of drug-likeness (QED) is 0.232. The van der Waals surface area contributed by atoms with Crippen molar-refractivity contribution in [3.63, 3.8) is 0 Å². The summed E-state index contributed by atoms with van der Waals surface area (Å²) in [6.45, 7) is 0.